The van der Waals surface area contributed by atoms with Gasteiger partial charge in [-0.25, -0.2) is 4.98 Å². The topological polar surface area (TPSA) is 54.5 Å². The third kappa shape index (κ3) is 2.58. The van der Waals surface area contributed by atoms with Crippen molar-refractivity contribution < 1.29 is 9.21 Å². The zero-order valence-corrected chi connectivity index (χ0v) is 12.6. The van der Waals surface area contributed by atoms with Crippen LogP contribution in [0.25, 0.3) is 0 Å². The maximum atomic E-state index is 12.0. The van der Waals surface area contributed by atoms with E-state index in [0.29, 0.717) is 5.69 Å². The second-order valence-electron chi connectivity index (χ2n) is 5.66. The average molecular weight is 288 g/mol. The van der Waals surface area contributed by atoms with E-state index < -0.39 is 0 Å². The van der Waals surface area contributed by atoms with Crippen LogP contribution in [-0.2, 0) is 13.1 Å². The molecule has 0 aliphatic carbocycles. The number of rotatable bonds is 3. The summed E-state index contributed by atoms with van der Waals surface area (Å²) in [7, 11) is 3.49. The van der Waals surface area contributed by atoms with Crippen molar-refractivity contribution >= 4 is 5.91 Å². The molecule has 0 N–H and O–H groups in total. The molecule has 0 radical (unpaired) electrons. The standard InChI is InChI=1S/C15H20N4O2/c1-11-14-16-13(15(20)17(2)3)9-19(14)6-5-18(11)8-12-4-7-21-10-12/h4,7,9-11H,5-6,8H2,1-3H3/t11-/m1/s1. The van der Waals surface area contributed by atoms with Gasteiger partial charge in [-0.2, -0.15) is 0 Å². The summed E-state index contributed by atoms with van der Waals surface area (Å²) in [6.45, 7) is 4.75. The summed E-state index contributed by atoms with van der Waals surface area (Å²) < 4.78 is 7.22. The van der Waals surface area contributed by atoms with E-state index in [4.69, 9.17) is 4.42 Å². The average Bonchev–Trinajstić information content (AvgIpc) is 3.10. The van der Waals surface area contributed by atoms with Gasteiger partial charge in [0.05, 0.1) is 18.6 Å². The molecule has 3 heterocycles. The summed E-state index contributed by atoms with van der Waals surface area (Å²) in [4.78, 5) is 20.5. The molecule has 0 aromatic carbocycles. The summed E-state index contributed by atoms with van der Waals surface area (Å²) in [5.41, 5.74) is 1.68. The molecule has 0 saturated heterocycles. The van der Waals surface area contributed by atoms with Gasteiger partial charge >= 0.3 is 0 Å². The van der Waals surface area contributed by atoms with Crippen molar-refractivity contribution in [2.24, 2.45) is 0 Å². The molecule has 0 fully saturated rings. The third-order valence-electron chi connectivity index (χ3n) is 3.95. The van der Waals surface area contributed by atoms with Crippen molar-refractivity contribution in [1.82, 2.24) is 19.4 Å². The Labute approximate surface area is 124 Å². The van der Waals surface area contributed by atoms with Crippen LogP contribution in [0.4, 0.5) is 0 Å². The van der Waals surface area contributed by atoms with Gasteiger partial charge in [-0.05, 0) is 13.0 Å². The number of hydrogen-bond donors (Lipinski definition) is 0. The Hall–Kier alpha value is -2.08. The number of imidazole rings is 1. The van der Waals surface area contributed by atoms with Crippen LogP contribution >= 0.6 is 0 Å². The van der Waals surface area contributed by atoms with E-state index in [-0.39, 0.29) is 11.9 Å². The molecule has 0 spiro atoms. The smallest absolute Gasteiger partial charge is 0.273 e. The lowest BCUT2D eigenvalue weighted by molar-refractivity contribution is 0.0822. The summed E-state index contributed by atoms with van der Waals surface area (Å²) in [6.07, 6.45) is 5.33. The minimum Gasteiger partial charge on any atom is -0.472 e. The zero-order chi connectivity index (χ0) is 15.0. The van der Waals surface area contributed by atoms with Gasteiger partial charge in [0.1, 0.15) is 11.5 Å². The number of nitrogens with zero attached hydrogens (tertiary/aromatic N) is 4. The molecular weight excluding hydrogens is 268 g/mol. The van der Waals surface area contributed by atoms with Crippen molar-refractivity contribution in [3.63, 3.8) is 0 Å². The van der Waals surface area contributed by atoms with Crippen LogP contribution in [-0.4, -0.2) is 45.9 Å². The van der Waals surface area contributed by atoms with E-state index in [9.17, 15) is 4.79 Å². The maximum Gasteiger partial charge on any atom is 0.273 e. The maximum absolute atomic E-state index is 12.0. The van der Waals surface area contributed by atoms with Gasteiger partial charge in [-0.1, -0.05) is 0 Å². The molecule has 1 aliphatic rings. The normalized spacial score (nSPS) is 18.5. The van der Waals surface area contributed by atoms with E-state index in [2.05, 4.69) is 21.4 Å². The number of amides is 1. The van der Waals surface area contributed by atoms with Crippen molar-refractivity contribution in [3.05, 3.63) is 41.9 Å². The fourth-order valence-corrected chi connectivity index (χ4v) is 2.70. The first-order valence-electron chi connectivity index (χ1n) is 7.10. The number of fused-ring (bicyclic) bond motifs is 1. The molecule has 112 valence electrons. The molecule has 0 saturated carbocycles. The Morgan fingerprint density at radius 3 is 2.95 bits per heavy atom. The number of aromatic nitrogens is 2. The molecular formula is C15H20N4O2. The van der Waals surface area contributed by atoms with E-state index in [1.807, 2.05) is 12.3 Å². The van der Waals surface area contributed by atoms with Crippen molar-refractivity contribution in [1.29, 1.82) is 0 Å². The highest BCUT2D eigenvalue weighted by Gasteiger charge is 2.28. The highest BCUT2D eigenvalue weighted by Crippen LogP contribution is 2.26. The van der Waals surface area contributed by atoms with Gasteiger partial charge in [0, 0.05) is 45.5 Å². The summed E-state index contributed by atoms with van der Waals surface area (Å²) >= 11 is 0. The van der Waals surface area contributed by atoms with Gasteiger partial charge in [0.15, 0.2) is 0 Å². The quantitative estimate of drug-likeness (QED) is 0.863. The predicted octanol–water partition coefficient (Wildman–Crippen LogP) is 1.75. The molecule has 0 bridgehead atoms. The Morgan fingerprint density at radius 2 is 2.29 bits per heavy atom. The van der Waals surface area contributed by atoms with E-state index in [1.165, 1.54) is 0 Å². The molecule has 21 heavy (non-hydrogen) atoms. The highest BCUT2D eigenvalue weighted by molar-refractivity contribution is 5.91. The van der Waals surface area contributed by atoms with E-state index in [0.717, 1.165) is 31.0 Å². The molecule has 6 heteroatoms. The van der Waals surface area contributed by atoms with Gasteiger partial charge in [-0.3, -0.25) is 9.69 Å². The van der Waals surface area contributed by atoms with Crippen LogP contribution in [0, 0.1) is 0 Å². The number of carbonyl (C=O) groups excluding carboxylic acids is 1. The lowest BCUT2D eigenvalue weighted by atomic mass is 10.2. The van der Waals surface area contributed by atoms with Gasteiger partial charge < -0.3 is 13.9 Å². The third-order valence-corrected chi connectivity index (χ3v) is 3.95. The highest BCUT2D eigenvalue weighted by atomic mass is 16.3. The molecule has 1 amide bonds. The van der Waals surface area contributed by atoms with Crippen LogP contribution in [0.3, 0.4) is 0 Å². The number of carbonyl (C=O) groups is 1. The monoisotopic (exact) mass is 288 g/mol. The molecule has 1 aliphatic heterocycles. The van der Waals surface area contributed by atoms with Crippen LogP contribution in [0.5, 0.6) is 0 Å². The Morgan fingerprint density at radius 1 is 1.48 bits per heavy atom. The number of hydrogen-bond acceptors (Lipinski definition) is 4. The van der Waals surface area contributed by atoms with Gasteiger partial charge in [0.25, 0.3) is 5.91 Å². The van der Waals surface area contributed by atoms with Crippen LogP contribution in [0.2, 0.25) is 0 Å². The number of furan rings is 1. The molecule has 1 atom stereocenters. The first kappa shape index (κ1) is 13.9. The molecule has 3 rings (SSSR count). The second kappa shape index (κ2) is 5.37. The fourth-order valence-electron chi connectivity index (χ4n) is 2.70. The first-order chi connectivity index (χ1) is 10.1. The molecule has 6 nitrogen and oxygen atoms in total. The first-order valence-corrected chi connectivity index (χ1v) is 7.10. The molecule has 2 aromatic rings. The Balaban J connectivity index is 1.81. The molecule has 2 aromatic heterocycles. The minimum absolute atomic E-state index is 0.0505. The SMILES string of the molecule is C[C@@H]1c2nc(C(=O)N(C)C)cn2CCN1Cc1ccoc1. The van der Waals surface area contributed by atoms with Crippen LogP contribution in [0.1, 0.15) is 34.8 Å². The van der Waals surface area contributed by atoms with Crippen LogP contribution in [0.15, 0.2) is 29.2 Å². The van der Waals surface area contributed by atoms with Gasteiger partial charge in [-0.15, -0.1) is 0 Å². The second-order valence-corrected chi connectivity index (χ2v) is 5.66. The predicted molar refractivity (Wildman–Crippen MR) is 77.8 cm³/mol. The zero-order valence-electron chi connectivity index (χ0n) is 12.6. The Bertz CT molecular complexity index is 630. The van der Waals surface area contributed by atoms with Crippen molar-refractivity contribution in [3.8, 4) is 0 Å². The van der Waals surface area contributed by atoms with E-state index in [1.54, 1.807) is 31.5 Å². The summed E-state index contributed by atoms with van der Waals surface area (Å²) in [5, 5.41) is 0. The lowest BCUT2D eigenvalue weighted by Gasteiger charge is -2.33. The van der Waals surface area contributed by atoms with E-state index >= 15 is 0 Å². The Kier molecular flexibility index (Phi) is 3.55. The summed E-state index contributed by atoms with van der Waals surface area (Å²) in [5.74, 6) is 0.903. The molecule has 0 unspecified atom stereocenters. The van der Waals surface area contributed by atoms with Crippen molar-refractivity contribution in [2.75, 3.05) is 20.6 Å². The van der Waals surface area contributed by atoms with Crippen LogP contribution < -0.4 is 0 Å². The minimum atomic E-state index is -0.0505. The lowest BCUT2D eigenvalue weighted by Crippen LogP contribution is -2.36. The largest absolute Gasteiger partial charge is 0.472 e. The van der Waals surface area contributed by atoms with Gasteiger partial charge in [0.2, 0.25) is 0 Å². The fraction of sp³-hybridized carbons (Fsp3) is 0.467. The van der Waals surface area contributed by atoms with Crippen molar-refractivity contribution in [2.45, 2.75) is 26.1 Å². The summed E-state index contributed by atoms with van der Waals surface area (Å²) in [6, 6.07) is 2.16.